The second-order valence-electron chi connectivity index (χ2n) is 7.82. The predicted molar refractivity (Wildman–Crippen MR) is 120 cm³/mol. The number of anilines is 1. The number of carbonyl (C=O) groups excluding carboxylic acids is 1. The third-order valence-corrected chi connectivity index (χ3v) is 5.74. The Bertz CT molecular complexity index is 999. The zero-order valence-electron chi connectivity index (χ0n) is 17.1. The first-order valence-corrected chi connectivity index (χ1v) is 10.6. The lowest BCUT2D eigenvalue weighted by atomic mass is 9.92. The molecule has 2 heterocycles. The molecule has 2 aliphatic rings. The van der Waals surface area contributed by atoms with Crippen molar-refractivity contribution in [2.24, 2.45) is 0 Å². The fourth-order valence-corrected chi connectivity index (χ4v) is 3.92. The Balaban J connectivity index is 1.83. The van der Waals surface area contributed by atoms with E-state index < -0.39 is 0 Å². The van der Waals surface area contributed by atoms with Crippen molar-refractivity contribution in [2.75, 3.05) is 4.90 Å². The number of pyridine rings is 1. The number of benzene rings is 1. The topological polar surface area (TPSA) is 78.3 Å². The van der Waals surface area contributed by atoms with Crippen molar-refractivity contribution in [1.82, 2.24) is 10.3 Å². The van der Waals surface area contributed by atoms with Crippen LogP contribution in [-0.2, 0) is 11.2 Å². The Morgan fingerprint density at radius 3 is 2.73 bits per heavy atom. The van der Waals surface area contributed by atoms with Gasteiger partial charge in [-0.3, -0.25) is 4.79 Å². The van der Waals surface area contributed by atoms with E-state index in [-0.39, 0.29) is 11.9 Å². The summed E-state index contributed by atoms with van der Waals surface area (Å²) in [4.78, 5) is 18.4. The number of fused-ring (bicyclic) bond motifs is 1. The summed E-state index contributed by atoms with van der Waals surface area (Å²) in [7, 11) is 0. The molecule has 1 aliphatic carbocycles. The van der Waals surface area contributed by atoms with Crippen LogP contribution in [0.5, 0.6) is 11.6 Å². The molecule has 0 saturated heterocycles. The largest absolute Gasteiger partial charge is 0.438 e. The molecule has 0 bridgehead atoms. The number of amides is 1. The van der Waals surface area contributed by atoms with Gasteiger partial charge in [0.2, 0.25) is 11.8 Å². The van der Waals surface area contributed by atoms with Crippen molar-refractivity contribution < 1.29 is 9.53 Å². The molecule has 1 aromatic carbocycles. The first kappa shape index (κ1) is 20.4. The number of rotatable bonds is 6. The van der Waals surface area contributed by atoms with Crippen molar-refractivity contribution in [3.63, 3.8) is 0 Å². The highest BCUT2D eigenvalue weighted by Crippen LogP contribution is 2.42. The van der Waals surface area contributed by atoms with Gasteiger partial charge in [-0.2, -0.15) is 0 Å². The van der Waals surface area contributed by atoms with Crippen LogP contribution in [0.1, 0.15) is 44.2 Å². The van der Waals surface area contributed by atoms with Crippen molar-refractivity contribution in [3.05, 3.63) is 52.8 Å². The molecule has 0 spiro atoms. The molecule has 30 heavy (non-hydrogen) atoms. The van der Waals surface area contributed by atoms with Crippen molar-refractivity contribution >= 4 is 35.0 Å². The molecule has 4 rings (SSSR count). The molecule has 1 amide bonds. The summed E-state index contributed by atoms with van der Waals surface area (Å²) in [6.45, 7) is 3.64. The average molecular weight is 425 g/mol. The molecule has 0 radical (unpaired) electrons. The number of carbonyl (C=O) groups is 1. The molecular formula is C23H25ClN4O2. The van der Waals surface area contributed by atoms with E-state index in [1.54, 1.807) is 19.1 Å². The highest BCUT2D eigenvalue weighted by molar-refractivity contribution is 6.30. The molecule has 1 fully saturated rings. The standard InChI is InChI=1S/C23H25ClN4O2/c1-14-3-7-20-21(28(14)15(2)29)9-8-19(16(11-25)12-26-18-5-6-18)23(20)30-22-10-4-17(24)13-27-22/h4,8-14,18,25-26H,3,5-7H2,1-2H3/b16-12+,25-11?/t14-/m0/s1. The molecule has 1 atom stereocenters. The van der Waals surface area contributed by atoms with Crippen LogP contribution in [0.4, 0.5) is 5.69 Å². The Hall–Kier alpha value is -2.86. The van der Waals surface area contributed by atoms with Crippen LogP contribution in [0.3, 0.4) is 0 Å². The number of nitrogens with zero attached hydrogens (tertiary/aromatic N) is 2. The molecule has 6 nitrogen and oxygen atoms in total. The fraction of sp³-hybridized carbons (Fsp3) is 0.348. The maximum Gasteiger partial charge on any atom is 0.224 e. The van der Waals surface area contributed by atoms with Crippen LogP contribution >= 0.6 is 11.6 Å². The van der Waals surface area contributed by atoms with Gasteiger partial charge < -0.3 is 20.4 Å². The summed E-state index contributed by atoms with van der Waals surface area (Å²) < 4.78 is 6.25. The quantitative estimate of drug-likeness (QED) is 0.642. The molecular weight excluding hydrogens is 400 g/mol. The molecule has 1 saturated carbocycles. The summed E-state index contributed by atoms with van der Waals surface area (Å²) in [5, 5.41) is 11.8. The van der Waals surface area contributed by atoms with Gasteiger partial charge in [0.25, 0.3) is 0 Å². The van der Waals surface area contributed by atoms with Gasteiger partial charge in [-0.05, 0) is 50.8 Å². The Kier molecular flexibility index (Phi) is 5.77. The SMILES string of the molecule is CC(=O)N1c2ccc(/C(C=N)=C/NC3CC3)c(Oc3ccc(Cl)cn3)c2CC[C@@H]1C. The van der Waals surface area contributed by atoms with E-state index >= 15 is 0 Å². The smallest absolute Gasteiger partial charge is 0.224 e. The van der Waals surface area contributed by atoms with E-state index in [0.717, 1.165) is 48.1 Å². The summed E-state index contributed by atoms with van der Waals surface area (Å²) in [5.74, 6) is 1.05. The zero-order valence-corrected chi connectivity index (χ0v) is 17.9. The summed E-state index contributed by atoms with van der Waals surface area (Å²) in [6, 6.07) is 7.92. The molecule has 0 unspecified atom stereocenters. The fourth-order valence-electron chi connectivity index (χ4n) is 3.81. The number of hydrogen-bond acceptors (Lipinski definition) is 5. The highest BCUT2D eigenvalue weighted by Gasteiger charge is 2.30. The van der Waals surface area contributed by atoms with Gasteiger partial charge in [0, 0.05) is 60.4 Å². The lowest BCUT2D eigenvalue weighted by molar-refractivity contribution is -0.117. The van der Waals surface area contributed by atoms with Gasteiger partial charge in [-0.15, -0.1) is 0 Å². The van der Waals surface area contributed by atoms with Crippen LogP contribution in [0.25, 0.3) is 5.57 Å². The number of allylic oxidation sites excluding steroid dienone is 1. The van der Waals surface area contributed by atoms with E-state index in [1.807, 2.05) is 23.2 Å². The minimum atomic E-state index is 0.00462. The Labute approximate surface area is 181 Å². The van der Waals surface area contributed by atoms with Crippen LogP contribution in [0.15, 0.2) is 36.7 Å². The van der Waals surface area contributed by atoms with E-state index in [1.165, 1.54) is 12.4 Å². The number of nitrogens with one attached hydrogen (secondary N) is 2. The van der Waals surface area contributed by atoms with Gasteiger partial charge in [0.15, 0.2) is 0 Å². The van der Waals surface area contributed by atoms with E-state index in [9.17, 15) is 4.79 Å². The Morgan fingerprint density at radius 1 is 1.30 bits per heavy atom. The van der Waals surface area contributed by atoms with Crippen molar-refractivity contribution in [1.29, 1.82) is 5.41 Å². The van der Waals surface area contributed by atoms with E-state index in [4.69, 9.17) is 21.7 Å². The molecule has 7 heteroatoms. The van der Waals surface area contributed by atoms with Crippen LogP contribution < -0.4 is 15.0 Å². The maximum absolute atomic E-state index is 12.3. The molecule has 1 aliphatic heterocycles. The van der Waals surface area contributed by atoms with Gasteiger partial charge >= 0.3 is 0 Å². The first-order chi connectivity index (χ1) is 14.5. The van der Waals surface area contributed by atoms with Gasteiger partial charge in [-0.25, -0.2) is 4.98 Å². The highest BCUT2D eigenvalue weighted by atomic mass is 35.5. The third kappa shape index (κ3) is 4.19. The van der Waals surface area contributed by atoms with Crippen LogP contribution in [0, 0.1) is 5.41 Å². The van der Waals surface area contributed by atoms with Crippen molar-refractivity contribution in [2.45, 2.75) is 51.6 Å². The summed E-state index contributed by atoms with van der Waals surface area (Å²) in [5.41, 5.74) is 3.33. The van der Waals surface area contributed by atoms with Crippen molar-refractivity contribution in [3.8, 4) is 11.6 Å². The zero-order chi connectivity index (χ0) is 21.3. The number of hydrogen-bond donors (Lipinski definition) is 2. The minimum Gasteiger partial charge on any atom is -0.438 e. The van der Waals surface area contributed by atoms with Gasteiger partial charge in [-0.1, -0.05) is 11.6 Å². The first-order valence-electron chi connectivity index (χ1n) is 10.2. The molecule has 156 valence electrons. The second-order valence-corrected chi connectivity index (χ2v) is 8.25. The van der Waals surface area contributed by atoms with Gasteiger partial charge in [0.1, 0.15) is 5.75 Å². The number of ether oxygens (including phenoxy) is 1. The third-order valence-electron chi connectivity index (χ3n) is 5.51. The minimum absolute atomic E-state index is 0.00462. The monoisotopic (exact) mass is 424 g/mol. The maximum atomic E-state index is 12.3. The normalized spacial score (nSPS) is 18.6. The molecule has 1 aromatic heterocycles. The van der Waals surface area contributed by atoms with Crippen LogP contribution in [0.2, 0.25) is 5.02 Å². The average Bonchev–Trinajstić information content (AvgIpc) is 3.55. The lowest BCUT2D eigenvalue weighted by Crippen LogP contribution is -2.40. The summed E-state index contributed by atoms with van der Waals surface area (Å²) in [6.07, 6.45) is 8.65. The Morgan fingerprint density at radius 2 is 2.10 bits per heavy atom. The van der Waals surface area contributed by atoms with E-state index in [2.05, 4.69) is 17.2 Å². The predicted octanol–water partition coefficient (Wildman–Crippen LogP) is 4.96. The van der Waals surface area contributed by atoms with Gasteiger partial charge in [0.05, 0.1) is 10.7 Å². The van der Waals surface area contributed by atoms with Crippen LogP contribution in [-0.4, -0.2) is 29.2 Å². The summed E-state index contributed by atoms with van der Waals surface area (Å²) >= 11 is 5.97. The second kappa shape index (κ2) is 8.48. The molecule has 2 N–H and O–H groups in total. The number of halogens is 1. The number of aromatic nitrogens is 1. The lowest BCUT2D eigenvalue weighted by Gasteiger charge is -2.36. The van der Waals surface area contributed by atoms with E-state index in [0.29, 0.717) is 22.7 Å². The molecule has 2 aromatic rings.